The second-order valence-electron chi connectivity index (χ2n) is 3.48. The van der Waals surface area contributed by atoms with Crippen molar-refractivity contribution in [2.24, 2.45) is 12.8 Å². The van der Waals surface area contributed by atoms with Crippen LogP contribution in [0, 0.1) is 0 Å². The summed E-state index contributed by atoms with van der Waals surface area (Å²) in [6.07, 6.45) is 2.48. The molecule has 0 radical (unpaired) electrons. The van der Waals surface area contributed by atoms with Crippen molar-refractivity contribution in [3.05, 3.63) is 22.7 Å². The minimum Gasteiger partial charge on any atom is -0.392 e. The van der Waals surface area contributed by atoms with Gasteiger partial charge in [-0.3, -0.25) is 4.79 Å². The molecule has 4 N–H and O–H groups in total. The third kappa shape index (κ3) is 3.03. The summed E-state index contributed by atoms with van der Waals surface area (Å²) < 4.78 is 1.42. The number of aromatic nitrogens is 2. The van der Waals surface area contributed by atoms with Crippen LogP contribution in [0.4, 0.5) is 5.82 Å². The molecule has 0 saturated carbocycles. The van der Waals surface area contributed by atoms with Gasteiger partial charge in [0.05, 0.1) is 6.10 Å². The lowest BCUT2D eigenvalue weighted by molar-refractivity contribution is 0.168. The molecule has 0 aromatic carbocycles. The van der Waals surface area contributed by atoms with E-state index in [1.165, 1.54) is 10.8 Å². The molecule has 0 amide bonds. The molecule has 15 heavy (non-hydrogen) atoms. The molecule has 84 valence electrons. The predicted octanol–water partition coefficient (Wildman–Crippen LogP) is -1.10. The molecule has 0 bridgehead atoms. The first-order valence-corrected chi connectivity index (χ1v) is 4.71. The van der Waals surface area contributed by atoms with Crippen LogP contribution in [0.1, 0.15) is 6.92 Å². The summed E-state index contributed by atoms with van der Waals surface area (Å²) in [5.74, 6) is 0.246. The van der Waals surface area contributed by atoms with Crippen molar-refractivity contribution in [2.75, 3.05) is 11.9 Å². The topological polar surface area (TPSA) is 93.2 Å². The van der Waals surface area contributed by atoms with Crippen LogP contribution in [-0.2, 0) is 7.05 Å². The fraction of sp³-hybridized carbons (Fsp3) is 0.556. The van der Waals surface area contributed by atoms with Gasteiger partial charge in [-0.25, -0.2) is 4.98 Å². The third-order valence-electron chi connectivity index (χ3n) is 2.14. The maximum absolute atomic E-state index is 11.5. The average molecular weight is 212 g/mol. The van der Waals surface area contributed by atoms with Crippen LogP contribution in [0.3, 0.4) is 0 Å². The fourth-order valence-electron chi connectivity index (χ4n) is 1.00. The lowest BCUT2D eigenvalue weighted by Gasteiger charge is -2.15. The van der Waals surface area contributed by atoms with Crippen LogP contribution in [0.5, 0.6) is 0 Å². The van der Waals surface area contributed by atoms with E-state index in [9.17, 15) is 4.79 Å². The summed E-state index contributed by atoms with van der Waals surface area (Å²) in [7, 11) is 1.64. The van der Waals surface area contributed by atoms with Gasteiger partial charge in [0.15, 0.2) is 5.82 Å². The molecule has 1 heterocycles. The molecule has 1 aromatic heterocycles. The Hall–Kier alpha value is -1.40. The van der Waals surface area contributed by atoms with Gasteiger partial charge >= 0.3 is 0 Å². The normalized spacial score (nSPS) is 14.7. The number of nitrogens with one attached hydrogen (secondary N) is 1. The first-order chi connectivity index (χ1) is 7.02. The molecule has 0 saturated heterocycles. The maximum atomic E-state index is 11.5. The molecular formula is C9H16N4O2. The van der Waals surface area contributed by atoms with Gasteiger partial charge in [0.1, 0.15) is 0 Å². The van der Waals surface area contributed by atoms with Crippen LogP contribution in [-0.4, -0.2) is 33.3 Å². The standard InChI is InChI=1S/C9H16N4O2/c1-6(14)7(10)5-12-8-9(15)13(2)4-3-11-8/h3-4,6-7,14H,5,10H2,1-2H3,(H,11,12). The zero-order valence-corrected chi connectivity index (χ0v) is 8.84. The monoisotopic (exact) mass is 212 g/mol. The molecular weight excluding hydrogens is 196 g/mol. The quantitative estimate of drug-likeness (QED) is 0.589. The second kappa shape index (κ2) is 4.90. The summed E-state index contributed by atoms with van der Waals surface area (Å²) in [5.41, 5.74) is 5.39. The molecule has 6 nitrogen and oxygen atoms in total. The Morgan fingerprint density at radius 1 is 1.73 bits per heavy atom. The van der Waals surface area contributed by atoms with E-state index in [-0.39, 0.29) is 11.4 Å². The zero-order valence-electron chi connectivity index (χ0n) is 8.84. The van der Waals surface area contributed by atoms with E-state index in [2.05, 4.69) is 10.3 Å². The number of aliphatic hydroxyl groups is 1. The van der Waals surface area contributed by atoms with E-state index in [0.717, 1.165) is 0 Å². The van der Waals surface area contributed by atoms with Crippen molar-refractivity contribution in [1.82, 2.24) is 9.55 Å². The number of anilines is 1. The third-order valence-corrected chi connectivity index (χ3v) is 2.14. The number of aliphatic hydroxyl groups excluding tert-OH is 1. The van der Waals surface area contributed by atoms with E-state index in [4.69, 9.17) is 10.8 Å². The molecule has 0 aliphatic carbocycles. The number of nitrogens with two attached hydrogens (primary N) is 1. The van der Waals surface area contributed by atoms with E-state index in [0.29, 0.717) is 6.54 Å². The predicted molar refractivity (Wildman–Crippen MR) is 57.6 cm³/mol. The lowest BCUT2D eigenvalue weighted by atomic mass is 10.2. The van der Waals surface area contributed by atoms with Crippen molar-refractivity contribution < 1.29 is 5.11 Å². The number of aryl methyl sites for hydroxylation is 1. The van der Waals surface area contributed by atoms with Gasteiger partial charge in [0, 0.05) is 32.0 Å². The fourth-order valence-corrected chi connectivity index (χ4v) is 1.00. The highest BCUT2D eigenvalue weighted by Crippen LogP contribution is 1.94. The molecule has 0 fully saturated rings. The van der Waals surface area contributed by atoms with E-state index < -0.39 is 12.1 Å². The van der Waals surface area contributed by atoms with Gasteiger partial charge in [-0.1, -0.05) is 0 Å². The molecule has 2 atom stereocenters. The largest absolute Gasteiger partial charge is 0.392 e. The zero-order chi connectivity index (χ0) is 11.4. The highest BCUT2D eigenvalue weighted by atomic mass is 16.3. The Labute approximate surface area is 87.8 Å². The number of nitrogens with zero attached hydrogens (tertiary/aromatic N) is 2. The van der Waals surface area contributed by atoms with Crippen LogP contribution < -0.4 is 16.6 Å². The molecule has 1 rings (SSSR count). The van der Waals surface area contributed by atoms with Gasteiger partial charge in [0.2, 0.25) is 0 Å². The highest BCUT2D eigenvalue weighted by Gasteiger charge is 2.10. The van der Waals surface area contributed by atoms with Crippen molar-refractivity contribution >= 4 is 5.82 Å². The van der Waals surface area contributed by atoms with Gasteiger partial charge in [-0.05, 0) is 6.92 Å². The van der Waals surface area contributed by atoms with Gasteiger partial charge in [0.25, 0.3) is 5.56 Å². The molecule has 0 aliphatic heterocycles. The summed E-state index contributed by atoms with van der Waals surface area (Å²) in [6, 6.07) is -0.420. The SMILES string of the molecule is CC(O)C(N)CNc1nccn(C)c1=O. The van der Waals surface area contributed by atoms with Crippen molar-refractivity contribution in [3.63, 3.8) is 0 Å². The average Bonchev–Trinajstić information content (AvgIpc) is 2.19. The lowest BCUT2D eigenvalue weighted by Crippen LogP contribution is -2.39. The summed E-state index contributed by atoms with van der Waals surface area (Å²) in [5, 5.41) is 12.0. The number of hydrogen-bond donors (Lipinski definition) is 3. The van der Waals surface area contributed by atoms with E-state index in [1.807, 2.05) is 0 Å². The molecule has 2 unspecified atom stereocenters. The van der Waals surface area contributed by atoms with Crippen LogP contribution >= 0.6 is 0 Å². The molecule has 6 heteroatoms. The Bertz CT molecular complexity index is 375. The van der Waals surface area contributed by atoms with Crippen molar-refractivity contribution in [3.8, 4) is 0 Å². The Kier molecular flexibility index (Phi) is 3.81. The summed E-state index contributed by atoms with van der Waals surface area (Å²) >= 11 is 0. The number of hydrogen-bond acceptors (Lipinski definition) is 5. The van der Waals surface area contributed by atoms with Crippen LogP contribution in [0.15, 0.2) is 17.2 Å². The second-order valence-corrected chi connectivity index (χ2v) is 3.48. The summed E-state index contributed by atoms with van der Waals surface area (Å²) in [4.78, 5) is 15.4. The van der Waals surface area contributed by atoms with Gasteiger partial charge in [-0.15, -0.1) is 0 Å². The first-order valence-electron chi connectivity index (χ1n) is 4.71. The molecule has 1 aromatic rings. The van der Waals surface area contributed by atoms with E-state index in [1.54, 1.807) is 20.2 Å². The smallest absolute Gasteiger partial charge is 0.293 e. The summed E-state index contributed by atoms with van der Waals surface area (Å²) in [6.45, 7) is 1.91. The minimum atomic E-state index is -0.620. The Morgan fingerprint density at radius 3 is 3.00 bits per heavy atom. The van der Waals surface area contributed by atoms with Crippen molar-refractivity contribution in [2.45, 2.75) is 19.1 Å². The highest BCUT2D eigenvalue weighted by molar-refractivity contribution is 5.30. The van der Waals surface area contributed by atoms with Crippen molar-refractivity contribution in [1.29, 1.82) is 0 Å². The molecule has 0 spiro atoms. The first kappa shape index (κ1) is 11.7. The van der Waals surface area contributed by atoms with E-state index >= 15 is 0 Å². The molecule has 0 aliphatic rings. The Morgan fingerprint density at radius 2 is 2.40 bits per heavy atom. The maximum Gasteiger partial charge on any atom is 0.293 e. The van der Waals surface area contributed by atoms with Crippen LogP contribution in [0.2, 0.25) is 0 Å². The number of rotatable bonds is 4. The van der Waals surface area contributed by atoms with Gasteiger partial charge in [-0.2, -0.15) is 0 Å². The van der Waals surface area contributed by atoms with Crippen LogP contribution in [0.25, 0.3) is 0 Å². The Balaban J connectivity index is 2.66. The minimum absolute atomic E-state index is 0.213. The van der Waals surface area contributed by atoms with Gasteiger partial charge < -0.3 is 20.7 Å².